The van der Waals surface area contributed by atoms with Crippen LogP contribution in [0.15, 0.2) is 0 Å². The first-order valence-electron chi connectivity index (χ1n) is 5.55. The van der Waals surface area contributed by atoms with Gasteiger partial charge in [0.1, 0.15) is 5.82 Å². The zero-order valence-electron chi connectivity index (χ0n) is 9.53. The lowest BCUT2D eigenvalue weighted by molar-refractivity contribution is 0.106. The van der Waals surface area contributed by atoms with Gasteiger partial charge in [-0.25, -0.2) is 4.98 Å². The fourth-order valence-electron chi connectivity index (χ4n) is 1.79. The summed E-state index contributed by atoms with van der Waals surface area (Å²) in [6, 6.07) is 0. The molecule has 2 heterocycles. The van der Waals surface area contributed by atoms with Crippen molar-refractivity contribution in [2.45, 2.75) is 25.9 Å². The molecule has 1 aliphatic heterocycles. The minimum atomic E-state index is 0.551. The second kappa shape index (κ2) is 5.23. The lowest BCUT2D eigenvalue weighted by Crippen LogP contribution is -2.16. The highest BCUT2D eigenvalue weighted by atomic mass is 16.5. The molecule has 0 saturated carbocycles. The van der Waals surface area contributed by atoms with Crippen molar-refractivity contribution in [3.05, 3.63) is 17.1 Å². The molecular formula is C11H17N3O2. The normalized spacial score (nSPS) is 14.6. The van der Waals surface area contributed by atoms with Crippen LogP contribution in [0.25, 0.3) is 0 Å². The van der Waals surface area contributed by atoms with E-state index in [0.717, 1.165) is 43.0 Å². The third-order valence-electron chi connectivity index (χ3n) is 2.63. The topological polar surface area (TPSA) is 70.3 Å². The van der Waals surface area contributed by atoms with Gasteiger partial charge in [-0.2, -0.15) is 4.98 Å². The lowest BCUT2D eigenvalue weighted by atomic mass is 10.1. The van der Waals surface area contributed by atoms with Crippen molar-refractivity contribution in [2.24, 2.45) is 5.73 Å². The number of methoxy groups -OCH3 is 1. The number of fused-ring (bicyclic) bond motifs is 1. The maximum Gasteiger partial charge on any atom is 0.222 e. The number of aromatic nitrogens is 2. The Labute approximate surface area is 95.0 Å². The predicted molar refractivity (Wildman–Crippen MR) is 59.3 cm³/mol. The van der Waals surface area contributed by atoms with Crippen molar-refractivity contribution in [3.63, 3.8) is 0 Å². The number of hydrogen-bond donors (Lipinski definition) is 1. The molecule has 0 saturated heterocycles. The highest BCUT2D eigenvalue weighted by molar-refractivity contribution is 5.31. The van der Waals surface area contributed by atoms with Gasteiger partial charge in [-0.05, 0) is 13.0 Å². The van der Waals surface area contributed by atoms with E-state index in [-0.39, 0.29) is 0 Å². The second-order valence-electron chi connectivity index (χ2n) is 3.77. The molecule has 1 aromatic heterocycles. The summed E-state index contributed by atoms with van der Waals surface area (Å²) in [7, 11) is 1.63. The van der Waals surface area contributed by atoms with Crippen LogP contribution < -0.4 is 10.5 Å². The molecule has 88 valence electrons. The number of nitrogens with two attached hydrogens (primary N) is 1. The van der Waals surface area contributed by atoms with E-state index in [9.17, 15) is 0 Å². The van der Waals surface area contributed by atoms with Crippen molar-refractivity contribution in [2.75, 3.05) is 20.3 Å². The van der Waals surface area contributed by atoms with Crippen molar-refractivity contribution >= 4 is 0 Å². The molecule has 5 nitrogen and oxygen atoms in total. The summed E-state index contributed by atoms with van der Waals surface area (Å²) in [6.07, 6.45) is 2.54. The third kappa shape index (κ3) is 2.31. The molecule has 1 aromatic rings. The minimum Gasteiger partial charge on any atom is -0.481 e. The maximum atomic E-state index is 5.48. The van der Waals surface area contributed by atoms with Crippen molar-refractivity contribution in [3.8, 4) is 5.88 Å². The van der Waals surface area contributed by atoms with E-state index in [1.165, 1.54) is 0 Å². The summed E-state index contributed by atoms with van der Waals surface area (Å²) in [5.41, 5.74) is 7.53. The summed E-state index contributed by atoms with van der Waals surface area (Å²) >= 11 is 0. The largest absolute Gasteiger partial charge is 0.481 e. The zero-order valence-corrected chi connectivity index (χ0v) is 9.53. The van der Waals surface area contributed by atoms with Gasteiger partial charge in [0, 0.05) is 12.8 Å². The Morgan fingerprint density at radius 3 is 3.06 bits per heavy atom. The first-order chi connectivity index (χ1) is 7.85. The van der Waals surface area contributed by atoms with E-state index in [1.807, 2.05) is 0 Å². The van der Waals surface area contributed by atoms with Crippen molar-refractivity contribution in [1.82, 2.24) is 9.97 Å². The van der Waals surface area contributed by atoms with Gasteiger partial charge in [0.2, 0.25) is 5.88 Å². The number of ether oxygens (including phenoxy) is 2. The smallest absolute Gasteiger partial charge is 0.222 e. The standard InChI is InChI=1S/C11H17N3O2/c1-15-11-8-7-16-6-4-9(8)13-10(14-11)3-2-5-12/h2-7,12H2,1H3. The number of hydrogen-bond acceptors (Lipinski definition) is 5. The second-order valence-corrected chi connectivity index (χ2v) is 3.77. The molecule has 1 aliphatic rings. The summed E-state index contributed by atoms with van der Waals surface area (Å²) in [4.78, 5) is 8.91. The molecule has 0 aromatic carbocycles. The van der Waals surface area contributed by atoms with Crippen LogP contribution >= 0.6 is 0 Å². The van der Waals surface area contributed by atoms with Gasteiger partial charge >= 0.3 is 0 Å². The predicted octanol–water partition coefficient (Wildman–Crippen LogP) is 0.449. The maximum absolute atomic E-state index is 5.48. The van der Waals surface area contributed by atoms with E-state index in [1.54, 1.807) is 7.11 Å². The first-order valence-corrected chi connectivity index (χ1v) is 5.55. The van der Waals surface area contributed by atoms with E-state index >= 15 is 0 Å². The van der Waals surface area contributed by atoms with E-state index < -0.39 is 0 Å². The van der Waals surface area contributed by atoms with Crippen LogP contribution in [0.3, 0.4) is 0 Å². The fraction of sp³-hybridized carbons (Fsp3) is 0.636. The molecule has 0 fully saturated rings. The van der Waals surface area contributed by atoms with Crippen LogP contribution in [0.4, 0.5) is 0 Å². The molecule has 16 heavy (non-hydrogen) atoms. The summed E-state index contributed by atoms with van der Waals surface area (Å²) in [5.74, 6) is 1.47. The Morgan fingerprint density at radius 2 is 2.31 bits per heavy atom. The van der Waals surface area contributed by atoms with Crippen LogP contribution in [-0.4, -0.2) is 30.2 Å². The van der Waals surface area contributed by atoms with Gasteiger partial charge in [-0.3, -0.25) is 0 Å². The molecular weight excluding hydrogens is 206 g/mol. The van der Waals surface area contributed by atoms with Crippen molar-refractivity contribution in [1.29, 1.82) is 0 Å². The Balaban J connectivity index is 2.28. The van der Waals surface area contributed by atoms with Crippen LogP contribution in [0.2, 0.25) is 0 Å². The Morgan fingerprint density at radius 1 is 1.44 bits per heavy atom. The quantitative estimate of drug-likeness (QED) is 0.802. The molecule has 2 N–H and O–H groups in total. The van der Waals surface area contributed by atoms with Gasteiger partial charge in [-0.1, -0.05) is 0 Å². The minimum absolute atomic E-state index is 0.551. The van der Waals surface area contributed by atoms with E-state index in [4.69, 9.17) is 15.2 Å². The Bertz CT molecular complexity index is 351. The van der Waals surface area contributed by atoms with E-state index in [0.29, 0.717) is 19.0 Å². The summed E-state index contributed by atoms with van der Waals surface area (Å²) < 4.78 is 10.7. The number of nitrogens with zero attached hydrogens (tertiary/aromatic N) is 2. The van der Waals surface area contributed by atoms with Crippen LogP contribution in [0, 0.1) is 0 Å². The SMILES string of the molecule is COc1nc(CCCN)nc2c1COCC2. The molecule has 0 unspecified atom stereocenters. The van der Waals surface area contributed by atoms with Gasteiger partial charge < -0.3 is 15.2 Å². The third-order valence-corrected chi connectivity index (χ3v) is 2.63. The highest BCUT2D eigenvalue weighted by Gasteiger charge is 2.18. The average Bonchev–Trinajstić information content (AvgIpc) is 2.35. The summed E-state index contributed by atoms with van der Waals surface area (Å²) in [5, 5.41) is 0. The zero-order chi connectivity index (χ0) is 11.4. The van der Waals surface area contributed by atoms with Crippen LogP contribution in [0.5, 0.6) is 5.88 Å². The van der Waals surface area contributed by atoms with Gasteiger partial charge in [0.05, 0.1) is 31.6 Å². The highest BCUT2D eigenvalue weighted by Crippen LogP contribution is 2.23. The first kappa shape index (κ1) is 11.3. The molecule has 5 heteroatoms. The molecule has 0 radical (unpaired) electrons. The fourth-order valence-corrected chi connectivity index (χ4v) is 1.79. The number of aryl methyl sites for hydroxylation is 1. The molecule has 0 atom stereocenters. The monoisotopic (exact) mass is 223 g/mol. The molecule has 0 aliphatic carbocycles. The average molecular weight is 223 g/mol. The van der Waals surface area contributed by atoms with Gasteiger partial charge in [-0.15, -0.1) is 0 Å². The van der Waals surface area contributed by atoms with Crippen molar-refractivity contribution < 1.29 is 9.47 Å². The van der Waals surface area contributed by atoms with Gasteiger partial charge in [0.25, 0.3) is 0 Å². The van der Waals surface area contributed by atoms with E-state index in [2.05, 4.69) is 9.97 Å². The van der Waals surface area contributed by atoms with Crippen LogP contribution in [-0.2, 0) is 24.2 Å². The lowest BCUT2D eigenvalue weighted by Gasteiger charge is -2.18. The van der Waals surface area contributed by atoms with Gasteiger partial charge in [0.15, 0.2) is 0 Å². The summed E-state index contributed by atoms with van der Waals surface area (Å²) in [6.45, 7) is 1.94. The Kier molecular flexibility index (Phi) is 3.69. The van der Waals surface area contributed by atoms with Crippen LogP contribution in [0.1, 0.15) is 23.5 Å². The Hall–Kier alpha value is -1.20. The molecule has 0 spiro atoms. The number of rotatable bonds is 4. The molecule has 0 amide bonds. The molecule has 0 bridgehead atoms. The molecule has 2 rings (SSSR count).